The Balaban J connectivity index is 1.88. The fraction of sp³-hybridized carbons (Fsp3) is 0.714. The lowest BCUT2D eigenvalue weighted by molar-refractivity contribution is -0.138. The maximum absolute atomic E-state index is 11.9. The second-order valence-electron chi connectivity index (χ2n) is 5.57. The van der Waals surface area contributed by atoms with E-state index in [1.807, 2.05) is 0 Å². The molecule has 19 heavy (non-hydrogen) atoms. The molecule has 0 aromatic rings. The standard InChI is InChI=1S/C14H20N2O3/c1-19-14(18)11-9-16-12(17)7-8-15(16)13(11)10-5-3-2-4-6-10/h9-10,13H,2-8H2,1H3/t13-/m1/s1. The molecule has 0 aromatic heterocycles. The summed E-state index contributed by atoms with van der Waals surface area (Å²) in [6.45, 7) is 0.719. The predicted molar refractivity (Wildman–Crippen MR) is 68.6 cm³/mol. The van der Waals surface area contributed by atoms with E-state index in [9.17, 15) is 9.59 Å². The molecule has 3 rings (SSSR count). The number of rotatable bonds is 2. The molecule has 0 bridgehead atoms. The van der Waals surface area contributed by atoms with Gasteiger partial charge in [-0.2, -0.15) is 0 Å². The van der Waals surface area contributed by atoms with Crippen LogP contribution in [0.25, 0.3) is 0 Å². The van der Waals surface area contributed by atoms with E-state index in [0.717, 1.165) is 19.4 Å². The molecule has 0 aromatic carbocycles. The van der Waals surface area contributed by atoms with E-state index in [0.29, 0.717) is 17.9 Å². The number of carbonyl (C=O) groups is 2. The van der Waals surface area contributed by atoms with Crippen LogP contribution in [0.2, 0.25) is 0 Å². The highest BCUT2D eigenvalue weighted by Gasteiger charge is 2.46. The normalized spacial score (nSPS) is 28.5. The second kappa shape index (κ2) is 4.96. The molecule has 0 spiro atoms. The topological polar surface area (TPSA) is 49.9 Å². The van der Waals surface area contributed by atoms with Crippen molar-refractivity contribution in [2.45, 2.75) is 44.6 Å². The first-order valence-electron chi connectivity index (χ1n) is 7.11. The minimum Gasteiger partial charge on any atom is -0.466 e. The number of ether oxygens (including phenoxy) is 1. The van der Waals surface area contributed by atoms with Crippen molar-refractivity contribution >= 4 is 11.9 Å². The van der Waals surface area contributed by atoms with Gasteiger partial charge in [-0.25, -0.2) is 14.8 Å². The molecule has 2 aliphatic heterocycles. The van der Waals surface area contributed by atoms with Gasteiger partial charge in [0.25, 0.3) is 0 Å². The fourth-order valence-electron chi connectivity index (χ4n) is 3.60. The fourth-order valence-corrected chi connectivity index (χ4v) is 3.60. The molecule has 1 saturated heterocycles. The van der Waals surface area contributed by atoms with Crippen LogP contribution in [0, 0.1) is 5.92 Å². The zero-order valence-corrected chi connectivity index (χ0v) is 11.3. The third-order valence-corrected chi connectivity index (χ3v) is 4.51. The number of hydrogen-bond donors (Lipinski definition) is 0. The van der Waals surface area contributed by atoms with Crippen molar-refractivity contribution in [1.29, 1.82) is 0 Å². The van der Waals surface area contributed by atoms with Gasteiger partial charge in [0.1, 0.15) is 0 Å². The molecule has 104 valence electrons. The van der Waals surface area contributed by atoms with Crippen molar-refractivity contribution in [3.8, 4) is 0 Å². The van der Waals surface area contributed by atoms with Crippen LogP contribution in [0.15, 0.2) is 11.8 Å². The Morgan fingerprint density at radius 2 is 2.05 bits per heavy atom. The number of esters is 1. The zero-order chi connectivity index (χ0) is 13.4. The molecule has 2 heterocycles. The molecule has 3 aliphatic rings. The lowest BCUT2D eigenvalue weighted by Crippen LogP contribution is -2.43. The van der Waals surface area contributed by atoms with Gasteiger partial charge in [-0.3, -0.25) is 4.79 Å². The molecule has 0 unspecified atom stereocenters. The minimum atomic E-state index is -0.294. The average molecular weight is 264 g/mol. The van der Waals surface area contributed by atoms with Crippen LogP contribution in [-0.2, 0) is 14.3 Å². The van der Waals surface area contributed by atoms with Gasteiger partial charge >= 0.3 is 5.97 Å². The van der Waals surface area contributed by atoms with Crippen molar-refractivity contribution in [3.63, 3.8) is 0 Å². The third kappa shape index (κ3) is 2.06. The largest absolute Gasteiger partial charge is 0.466 e. The summed E-state index contributed by atoms with van der Waals surface area (Å²) in [4.78, 5) is 23.8. The lowest BCUT2D eigenvalue weighted by atomic mass is 9.81. The average Bonchev–Trinajstić information content (AvgIpc) is 2.99. The molecule has 0 N–H and O–H groups in total. The number of hydrogen-bond acceptors (Lipinski definition) is 4. The van der Waals surface area contributed by atoms with Crippen LogP contribution >= 0.6 is 0 Å². The Hall–Kier alpha value is -1.36. The molecule has 5 nitrogen and oxygen atoms in total. The summed E-state index contributed by atoms with van der Waals surface area (Å²) in [6, 6.07) is 0.0409. The minimum absolute atomic E-state index is 0.0409. The highest BCUT2D eigenvalue weighted by molar-refractivity contribution is 5.92. The van der Waals surface area contributed by atoms with E-state index >= 15 is 0 Å². The van der Waals surface area contributed by atoms with Crippen molar-refractivity contribution in [2.24, 2.45) is 5.92 Å². The summed E-state index contributed by atoms with van der Waals surface area (Å²) in [6.07, 6.45) is 8.24. The predicted octanol–water partition coefficient (Wildman–Crippen LogP) is 1.46. The lowest BCUT2D eigenvalue weighted by Gasteiger charge is -2.34. The Morgan fingerprint density at radius 3 is 2.74 bits per heavy atom. The zero-order valence-electron chi connectivity index (χ0n) is 11.3. The van der Waals surface area contributed by atoms with Gasteiger partial charge in [-0.1, -0.05) is 19.3 Å². The SMILES string of the molecule is COC(=O)C1=CN2C(=O)CCN2[C@@H]1C1CCCCC1. The van der Waals surface area contributed by atoms with Gasteiger partial charge in [0.15, 0.2) is 0 Å². The molecular weight excluding hydrogens is 244 g/mol. The van der Waals surface area contributed by atoms with Gasteiger partial charge in [0, 0.05) is 19.2 Å². The Kier molecular flexibility index (Phi) is 3.31. The van der Waals surface area contributed by atoms with E-state index in [4.69, 9.17) is 4.74 Å². The van der Waals surface area contributed by atoms with Crippen LogP contribution in [0.4, 0.5) is 0 Å². The van der Waals surface area contributed by atoms with E-state index in [1.165, 1.54) is 26.4 Å². The number of hydrazine groups is 1. The highest BCUT2D eigenvalue weighted by Crippen LogP contribution is 2.39. The molecule has 1 saturated carbocycles. The van der Waals surface area contributed by atoms with Crippen molar-refractivity contribution in [1.82, 2.24) is 10.0 Å². The van der Waals surface area contributed by atoms with Gasteiger partial charge in [0.2, 0.25) is 5.91 Å². The number of nitrogens with zero attached hydrogens (tertiary/aromatic N) is 2. The van der Waals surface area contributed by atoms with Gasteiger partial charge in [-0.05, 0) is 18.8 Å². The van der Waals surface area contributed by atoms with E-state index < -0.39 is 0 Å². The second-order valence-corrected chi connectivity index (χ2v) is 5.57. The molecule has 5 heteroatoms. The van der Waals surface area contributed by atoms with Crippen LogP contribution in [-0.4, -0.2) is 41.6 Å². The number of amides is 1. The summed E-state index contributed by atoms with van der Waals surface area (Å²) in [7, 11) is 1.40. The number of methoxy groups -OCH3 is 1. The van der Waals surface area contributed by atoms with Crippen molar-refractivity contribution in [3.05, 3.63) is 11.8 Å². The first-order chi connectivity index (χ1) is 9.22. The van der Waals surface area contributed by atoms with Crippen molar-refractivity contribution < 1.29 is 14.3 Å². The molecule has 1 atom stereocenters. The summed E-state index contributed by atoms with van der Waals surface area (Å²) >= 11 is 0. The first-order valence-corrected chi connectivity index (χ1v) is 7.11. The summed E-state index contributed by atoms with van der Waals surface area (Å²) in [5.41, 5.74) is 0.655. The molecule has 1 amide bonds. The summed E-state index contributed by atoms with van der Waals surface area (Å²) < 4.78 is 4.88. The monoisotopic (exact) mass is 264 g/mol. The third-order valence-electron chi connectivity index (χ3n) is 4.51. The Morgan fingerprint density at radius 1 is 1.32 bits per heavy atom. The first kappa shape index (κ1) is 12.7. The maximum Gasteiger partial charge on any atom is 0.336 e. The highest BCUT2D eigenvalue weighted by atomic mass is 16.5. The quantitative estimate of drug-likeness (QED) is 0.708. The molecular formula is C14H20N2O3. The molecule has 1 aliphatic carbocycles. The van der Waals surface area contributed by atoms with E-state index in [2.05, 4.69) is 5.01 Å². The summed E-state index contributed by atoms with van der Waals surface area (Å²) in [5, 5.41) is 3.69. The van der Waals surface area contributed by atoms with Crippen LogP contribution in [0.1, 0.15) is 38.5 Å². The van der Waals surface area contributed by atoms with Gasteiger partial charge in [0.05, 0.1) is 18.7 Å². The maximum atomic E-state index is 11.9. The van der Waals surface area contributed by atoms with Gasteiger partial charge in [-0.15, -0.1) is 0 Å². The number of carbonyl (C=O) groups excluding carboxylic acids is 2. The smallest absolute Gasteiger partial charge is 0.336 e. The van der Waals surface area contributed by atoms with Crippen LogP contribution in [0.3, 0.4) is 0 Å². The molecule has 0 radical (unpaired) electrons. The van der Waals surface area contributed by atoms with E-state index in [1.54, 1.807) is 11.2 Å². The van der Waals surface area contributed by atoms with Crippen LogP contribution < -0.4 is 0 Å². The summed E-state index contributed by atoms with van der Waals surface area (Å²) in [5.74, 6) is 0.257. The van der Waals surface area contributed by atoms with Gasteiger partial charge < -0.3 is 4.74 Å². The van der Waals surface area contributed by atoms with Crippen LogP contribution in [0.5, 0.6) is 0 Å². The Labute approximate surface area is 113 Å². The van der Waals surface area contributed by atoms with E-state index in [-0.39, 0.29) is 17.9 Å². The number of fused-ring (bicyclic) bond motifs is 1. The van der Waals surface area contributed by atoms with Crippen molar-refractivity contribution in [2.75, 3.05) is 13.7 Å². The Bertz CT molecular complexity index is 426. The molecule has 2 fully saturated rings.